The molecule has 3 fully saturated rings. The highest BCUT2D eigenvalue weighted by Crippen LogP contribution is 2.42. The zero-order valence-corrected chi connectivity index (χ0v) is 11.2. The Labute approximate surface area is 114 Å². The standard InChI is InChI=1S/C15H22N2O2/c18-12-1-3-16-8-10-5-11(14(16)6-12)9-17-4-2-13(19)7-15(10)17/h1,3,10-11,13-15,19H,2,4-9H2. The number of aliphatic hydroxyl groups is 1. The first-order chi connectivity index (χ1) is 9.20. The van der Waals surface area contributed by atoms with E-state index in [0.29, 0.717) is 30.3 Å². The lowest BCUT2D eigenvalue weighted by molar-refractivity contribution is -0.120. The zero-order valence-electron chi connectivity index (χ0n) is 11.2. The number of ketones is 1. The van der Waals surface area contributed by atoms with Crippen LogP contribution in [0.25, 0.3) is 0 Å². The molecule has 0 radical (unpaired) electrons. The zero-order chi connectivity index (χ0) is 13.0. The Bertz CT molecular complexity index is 422. The van der Waals surface area contributed by atoms with Crippen LogP contribution < -0.4 is 0 Å². The summed E-state index contributed by atoms with van der Waals surface area (Å²) in [4.78, 5) is 16.6. The predicted octanol–water partition coefficient (Wildman–Crippen LogP) is 0.618. The minimum absolute atomic E-state index is 0.103. The fourth-order valence-electron chi connectivity index (χ4n) is 4.73. The van der Waals surface area contributed by atoms with E-state index in [2.05, 4.69) is 9.80 Å². The molecular formula is C15H22N2O2. The van der Waals surface area contributed by atoms with Gasteiger partial charge in [-0.1, -0.05) is 0 Å². The minimum atomic E-state index is -0.103. The van der Waals surface area contributed by atoms with Crippen LogP contribution in [0.2, 0.25) is 0 Å². The number of hydrogen-bond acceptors (Lipinski definition) is 4. The van der Waals surface area contributed by atoms with Gasteiger partial charge in [-0.15, -0.1) is 0 Å². The van der Waals surface area contributed by atoms with Gasteiger partial charge >= 0.3 is 0 Å². The molecule has 4 aliphatic rings. The summed E-state index contributed by atoms with van der Waals surface area (Å²) in [5.41, 5.74) is 0. The van der Waals surface area contributed by atoms with Gasteiger partial charge in [-0.2, -0.15) is 0 Å². The summed E-state index contributed by atoms with van der Waals surface area (Å²) in [5.74, 6) is 1.60. The Balaban J connectivity index is 1.59. The van der Waals surface area contributed by atoms with Gasteiger partial charge in [0.1, 0.15) is 0 Å². The van der Waals surface area contributed by atoms with E-state index in [9.17, 15) is 9.90 Å². The van der Waals surface area contributed by atoms with E-state index >= 15 is 0 Å². The van der Waals surface area contributed by atoms with Crippen LogP contribution in [0, 0.1) is 11.8 Å². The molecule has 5 atom stereocenters. The van der Waals surface area contributed by atoms with Crippen molar-refractivity contribution in [1.82, 2.24) is 9.80 Å². The average Bonchev–Trinajstić information content (AvgIpc) is 2.41. The van der Waals surface area contributed by atoms with Crippen molar-refractivity contribution in [2.45, 2.75) is 43.9 Å². The van der Waals surface area contributed by atoms with E-state index < -0.39 is 0 Å². The fourth-order valence-corrected chi connectivity index (χ4v) is 4.73. The first kappa shape index (κ1) is 11.9. The second kappa shape index (κ2) is 4.32. The van der Waals surface area contributed by atoms with E-state index in [-0.39, 0.29) is 11.9 Å². The molecule has 4 rings (SSSR count). The molecule has 0 aromatic heterocycles. The highest BCUT2D eigenvalue weighted by atomic mass is 16.3. The van der Waals surface area contributed by atoms with Crippen molar-refractivity contribution >= 4 is 5.78 Å². The summed E-state index contributed by atoms with van der Waals surface area (Å²) >= 11 is 0. The Hall–Kier alpha value is -0.870. The largest absolute Gasteiger partial charge is 0.393 e. The van der Waals surface area contributed by atoms with Gasteiger partial charge < -0.3 is 10.0 Å². The third kappa shape index (κ3) is 1.93. The van der Waals surface area contributed by atoms with Crippen LogP contribution in [0.15, 0.2) is 12.3 Å². The van der Waals surface area contributed by atoms with Gasteiger partial charge in [0, 0.05) is 44.3 Å². The summed E-state index contributed by atoms with van der Waals surface area (Å²) in [6.45, 7) is 3.23. The van der Waals surface area contributed by atoms with Gasteiger partial charge in [-0.05, 0) is 37.2 Å². The first-order valence-corrected chi connectivity index (χ1v) is 7.59. The van der Waals surface area contributed by atoms with Gasteiger partial charge in [-0.3, -0.25) is 9.69 Å². The normalized spacial score (nSPS) is 45.8. The van der Waals surface area contributed by atoms with Crippen LogP contribution in [0.3, 0.4) is 0 Å². The predicted molar refractivity (Wildman–Crippen MR) is 71.5 cm³/mol. The van der Waals surface area contributed by atoms with Crippen molar-refractivity contribution < 1.29 is 9.90 Å². The number of allylic oxidation sites excluding steroid dienone is 1. The molecule has 4 heteroatoms. The Morgan fingerprint density at radius 1 is 1.16 bits per heavy atom. The van der Waals surface area contributed by atoms with Crippen molar-refractivity contribution in [2.24, 2.45) is 11.8 Å². The maximum absolute atomic E-state index is 11.6. The molecule has 4 nitrogen and oxygen atoms in total. The van der Waals surface area contributed by atoms with Gasteiger partial charge in [-0.25, -0.2) is 0 Å². The summed E-state index contributed by atoms with van der Waals surface area (Å²) in [6.07, 6.45) is 7.47. The number of aliphatic hydroxyl groups excluding tert-OH is 1. The maximum atomic E-state index is 11.6. The van der Waals surface area contributed by atoms with Gasteiger partial charge in [0.05, 0.1) is 6.10 Å². The van der Waals surface area contributed by atoms with E-state index in [1.807, 2.05) is 6.20 Å². The summed E-state index contributed by atoms with van der Waals surface area (Å²) < 4.78 is 0. The topological polar surface area (TPSA) is 43.8 Å². The number of carbonyl (C=O) groups excluding carboxylic acids is 1. The van der Waals surface area contributed by atoms with Gasteiger partial charge in [0.25, 0.3) is 0 Å². The molecule has 1 N–H and O–H groups in total. The molecule has 0 amide bonds. The van der Waals surface area contributed by atoms with Crippen LogP contribution >= 0.6 is 0 Å². The number of hydrogen-bond donors (Lipinski definition) is 1. The molecule has 0 spiro atoms. The number of piperidine rings is 3. The molecule has 0 saturated carbocycles. The quantitative estimate of drug-likeness (QED) is 0.695. The monoisotopic (exact) mass is 262 g/mol. The first-order valence-electron chi connectivity index (χ1n) is 7.59. The van der Waals surface area contributed by atoms with E-state index in [1.165, 1.54) is 6.42 Å². The second-order valence-corrected chi connectivity index (χ2v) is 6.75. The Morgan fingerprint density at radius 3 is 2.89 bits per heavy atom. The SMILES string of the molecule is O=C1C=CN2CC3CC(CN4CCC(O)CC34)C2C1. The molecule has 104 valence electrons. The minimum Gasteiger partial charge on any atom is -0.393 e. The van der Waals surface area contributed by atoms with Crippen molar-refractivity contribution in [1.29, 1.82) is 0 Å². The third-order valence-electron chi connectivity index (χ3n) is 5.63. The molecule has 0 aliphatic carbocycles. The van der Waals surface area contributed by atoms with Crippen LogP contribution in [0.4, 0.5) is 0 Å². The molecule has 2 bridgehead atoms. The van der Waals surface area contributed by atoms with Crippen LogP contribution in [-0.2, 0) is 4.79 Å². The maximum Gasteiger partial charge on any atom is 0.159 e. The van der Waals surface area contributed by atoms with E-state index in [4.69, 9.17) is 0 Å². The van der Waals surface area contributed by atoms with Crippen molar-refractivity contribution in [2.75, 3.05) is 19.6 Å². The van der Waals surface area contributed by atoms with Crippen LogP contribution in [0.5, 0.6) is 0 Å². The number of fused-ring (bicyclic) bond motifs is 6. The van der Waals surface area contributed by atoms with Crippen LogP contribution in [-0.4, -0.2) is 58.5 Å². The molecule has 5 unspecified atom stereocenters. The molecule has 4 aliphatic heterocycles. The summed E-state index contributed by atoms with van der Waals surface area (Å²) in [5, 5.41) is 9.91. The van der Waals surface area contributed by atoms with Crippen molar-refractivity contribution in [3.8, 4) is 0 Å². The molecule has 4 heterocycles. The van der Waals surface area contributed by atoms with Gasteiger partial charge in [0.15, 0.2) is 5.78 Å². The molecule has 0 aromatic carbocycles. The summed E-state index contributed by atoms with van der Waals surface area (Å²) in [7, 11) is 0. The molecular weight excluding hydrogens is 240 g/mol. The van der Waals surface area contributed by atoms with E-state index in [0.717, 1.165) is 32.5 Å². The van der Waals surface area contributed by atoms with Crippen molar-refractivity contribution in [3.05, 3.63) is 12.3 Å². The highest BCUT2D eigenvalue weighted by Gasteiger charge is 2.47. The Morgan fingerprint density at radius 2 is 2.00 bits per heavy atom. The number of nitrogens with zero attached hydrogens (tertiary/aromatic N) is 2. The molecule has 19 heavy (non-hydrogen) atoms. The highest BCUT2D eigenvalue weighted by molar-refractivity contribution is 5.90. The van der Waals surface area contributed by atoms with Crippen molar-refractivity contribution in [3.63, 3.8) is 0 Å². The van der Waals surface area contributed by atoms with E-state index in [1.54, 1.807) is 6.08 Å². The molecule has 0 aromatic rings. The second-order valence-electron chi connectivity index (χ2n) is 6.75. The lowest BCUT2D eigenvalue weighted by atomic mass is 9.71. The fraction of sp³-hybridized carbons (Fsp3) is 0.800. The molecule has 3 saturated heterocycles. The number of carbonyl (C=O) groups is 1. The number of rotatable bonds is 0. The summed E-state index contributed by atoms with van der Waals surface area (Å²) in [6, 6.07) is 0.994. The lowest BCUT2D eigenvalue weighted by Gasteiger charge is -2.56. The smallest absolute Gasteiger partial charge is 0.159 e. The average molecular weight is 262 g/mol. The van der Waals surface area contributed by atoms with Crippen LogP contribution in [0.1, 0.15) is 25.7 Å². The van der Waals surface area contributed by atoms with Gasteiger partial charge in [0.2, 0.25) is 0 Å². The third-order valence-corrected chi connectivity index (χ3v) is 5.63. The lowest BCUT2D eigenvalue weighted by Crippen LogP contribution is -2.63. The Kier molecular flexibility index (Phi) is 2.71.